The van der Waals surface area contributed by atoms with Crippen molar-refractivity contribution < 1.29 is 19.1 Å². The van der Waals surface area contributed by atoms with Crippen molar-refractivity contribution in [1.82, 2.24) is 20.4 Å². The van der Waals surface area contributed by atoms with Crippen LogP contribution >= 0.6 is 11.6 Å². The lowest BCUT2D eigenvalue weighted by Gasteiger charge is -2.54. The van der Waals surface area contributed by atoms with Gasteiger partial charge in [-0.05, 0) is 83.6 Å². The highest BCUT2D eigenvalue weighted by atomic mass is 35.5. The van der Waals surface area contributed by atoms with E-state index in [-0.39, 0.29) is 29.6 Å². The molecule has 1 aliphatic carbocycles. The Balaban J connectivity index is 1.04. The zero-order chi connectivity index (χ0) is 29.2. The van der Waals surface area contributed by atoms with Gasteiger partial charge in [-0.1, -0.05) is 11.6 Å². The van der Waals surface area contributed by atoms with Crippen LogP contribution in [0.15, 0.2) is 30.3 Å². The van der Waals surface area contributed by atoms with Crippen LogP contribution in [-0.2, 0) is 4.74 Å². The number of hydrogen-bond donors (Lipinski definition) is 1. The van der Waals surface area contributed by atoms with Gasteiger partial charge in [-0.2, -0.15) is 5.26 Å². The van der Waals surface area contributed by atoms with Crippen LogP contribution in [0.1, 0.15) is 75.3 Å². The molecule has 1 spiro atoms. The van der Waals surface area contributed by atoms with Crippen molar-refractivity contribution in [1.29, 1.82) is 5.26 Å². The molecule has 0 bridgehead atoms. The average Bonchev–Trinajstić information content (AvgIpc) is 2.92. The summed E-state index contributed by atoms with van der Waals surface area (Å²) in [5.74, 6) is 1.19. The highest BCUT2D eigenvalue weighted by molar-refractivity contribution is 6.31. The molecule has 1 aromatic heterocycles. The summed E-state index contributed by atoms with van der Waals surface area (Å²) in [5.41, 5.74) is 0.428. The van der Waals surface area contributed by atoms with Gasteiger partial charge in [0, 0.05) is 43.7 Å². The molecule has 1 aromatic carbocycles. The first kappa shape index (κ1) is 28.9. The molecule has 10 nitrogen and oxygen atoms in total. The van der Waals surface area contributed by atoms with Crippen LogP contribution in [0.5, 0.6) is 5.75 Å². The number of hydrogen-bond acceptors (Lipinski definition) is 8. The van der Waals surface area contributed by atoms with E-state index in [1.165, 1.54) is 0 Å². The minimum Gasteiger partial charge on any atom is -0.490 e. The van der Waals surface area contributed by atoms with Gasteiger partial charge in [0.05, 0.1) is 16.7 Å². The van der Waals surface area contributed by atoms with Crippen LogP contribution in [0.4, 0.5) is 10.6 Å². The van der Waals surface area contributed by atoms with E-state index in [1.807, 2.05) is 32.9 Å². The summed E-state index contributed by atoms with van der Waals surface area (Å²) in [6.45, 7) is 8.79. The number of amides is 2. The largest absolute Gasteiger partial charge is 0.490 e. The molecule has 0 unspecified atom stereocenters. The Kier molecular flexibility index (Phi) is 8.28. The van der Waals surface area contributed by atoms with Crippen LogP contribution in [-0.4, -0.2) is 71.0 Å². The number of carbonyl (C=O) groups is 2. The minimum absolute atomic E-state index is 0.0376. The first-order valence-electron chi connectivity index (χ1n) is 14.3. The number of likely N-dealkylation sites (tertiary alicyclic amines) is 1. The predicted molar refractivity (Wildman–Crippen MR) is 154 cm³/mol. The number of halogens is 1. The molecule has 11 heteroatoms. The van der Waals surface area contributed by atoms with E-state index in [2.05, 4.69) is 20.4 Å². The first-order valence-corrected chi connectivity index (χ1v) is 14.6. The fraction of sp³-hybridized carbons (Fsp3) is 0.567. The predicted octanol–water partition coefficient (Wildman–Crippen LogP) is 4.96. The molecule has 218 valence electrons. The first-order chi connectivity index (χ1) is 19.5. The fourth-order valence-corrected chi connectivity index (χ4v) is 6.00. The molecule has 2 saturated heterocycles. The van der Waals surface area contributed by atoms with Crippen LogP contribution in [0, 0.1) is 16.7 Å². The third-order valence-electron chi connectivity index (χ3n) is 8.11. The second kappa shape index (κ2) is 11.7. The Morgan fingerprint density at radius 2 is 1.78 bits per heavy atom. The Morgan fingerprint density at radius 1 is 1.07 bits per heavy atom. The van der Waals surface area contributed by atoms with Gasteiger partial charge in [0.15, 0.2) is 11.5 Å². The molecule has 3 heterocycles. The van der Waals surface area contributed by atoms with Gasteiger partial charge < -0.3 is 24.6 Å². The fourth-order valence-electron chi connectivity index (χ4n) is 5.78. The average molecular weight is 581 g/mol. The number of piperidine rings is 1. The highest BCUT2D eigenvalue weighted by Gasteiger charge is 2.46. The number of ether oxygens (including phenoxy) is 2. The van der Waals surface area contributed by atoms with Crippen molar-refractivity contribution >= 4 is 29.4 Å². The van der Waals surface area contributed by atoms with Crippen molar-refractivity contribution in [3.05, 3.63) is 46.6 Å². The summed E-state index contributed by atoms with van der Waals surface area (Å²) in [6.07, 6.45) is 4.88. The lowest BCUT2D eigenvalue weighted by Crippen LogP contribution is -2.61. The third kappa shape index (κ3) is 7.02. The number of nitriles is 1. The second-order valence-electron chi connectivity index (χ2n) is 12.4. The van der Waals surface area contributed by atoms with Crippen molar-refractivity contribution in [3.8, 4) is 11.8 Å². The maximum Gasteiger partial charge on any atom is 0.410 e. The molecule has 3 fully saturated rings. The molecule has 0 radical (unpaired) electrons. The van der Waals surface area contributed by atoms with Crippen molar-refractivity contribution in [2.75, 3.05) is 31.1 Å². The quantitative estimate of drug-likeness (QED) is 0.527. The Labute approximate surface area is 245 Å². The minimum atomic E-state index is -0.487. The van der Waals surface area contributed by atoms with E-state index in [1.54, 1.807) is 29.2 Å². The zero-order valence-corrected chi connectivity index (χ0v) is 24.6. The third-order valence-corrected chi connectivity index (χ3v) is 8.42. The highest BCUT2D eigenvalue weighted by Crippen LogP contribution is 2.42. The van der Waals surface area contributed by atoms with Crippen molar-refractivity contribution in [2.24, 2.45) is 5.41 Å². The standard InChI is InChI=1S/C30H37ClN6O4/c1-29(2,3)41-28(39)36-14-12-30(13-15-36)18-37(19-30)26-11-10-25(34-35-26)27(38)33-21-5-8-22(9-6-21)40-23-7-4-20(17-32)24(31)16-23/h4,7,10-11,16,21-22H,5-6,8-9,12-15,18-19H2,1-3H3,(H,33,38). The van der Waals surface area contributed by atoms with Gasteiger partial charge in [0.25, 0.3) is 5.91 Å². The second-order valence-corrected chi connectivity index (χ2v) is 12.8. The number of benzene rings is 1. The molecule has 41 heavy (non-hydrogen) atoms. The van der Waals surface area contributed by atoms with Crippen LogP contribution < -0.4 is 15.0 Å². The maximum absolute atomic E-state index is 12.8. The summed E-state index contributed by atoms with van der Waals surface area (Å²) < 4.78 is 11.6. The number of aromatic nitrogens is 2. The molecule has 2 aliphatic heterocycles. The van der Waals surface area contributed by atoms with E-state index in [0.29, 0.717) is 35.1 Å². The van der Waals surface area contributed by atoms with E-state index in [0.717, 1.165) is 57.4 Å². The zero-order valence-electron chi connectivity index (χ0n) is 23.9. The van der Waals surface area contributed by atoms with Crippen molar-refractivity contribution in [2.45, 2.75) is 77.0 Å². The lowest BCUT2D eigenvalue weighted by molar-refractivity contribution is 0.00586. The SMILES string of the molecule is CC(C)(C)OC(=O)N1CCC2(CC1)CN(c1ccc(C(=O)NC3CCC(Oc4ccc(C#N)c(Cl)c4)CC3)nn1)C2. The summed E-state index contributed by atoms with van der Waals surface area (Å²) in [7, 11) is 0. The molecule has 2 amide bonds. The van der Waals surface area contributed by atoms with Crippen LogP contribution in [0.25, 0.3) is 0 Å². The van der Waals surface area contributed by atoms with Crippen LogP contribution in [0.3, 0.4) is 0 Å². The Hall–Kier alpha value is -3.58. The lowest BCUT2D eigenvalue weighted by atomic mass is 9.72. The molecule has 0 atom stereocenters. The van der Waals surface area contributed by atoms with Gasteiger partial charge in [0.2, 0.25) is 0 Å². The number of carbonyl (C=O) groups excluding carboxylic acids is 2. The van der Waals surface area contributed by atoms with Gasteiger partial charge in [-0.3, -0.25) is 4.79 Å². The molecule has 1 N–H and O–H groups in total. The Morgan fingerprint density at radius 3 is 2.37 bits per heavy atom. The summed E-state index contributed by atoms with van der Waals surface area (Å²) >= 11 is 6.11. The molecule has 2 aromatic rings. The number of anilines is 1. The van der Waals surface area contributed by atoms with E-state index in [9.17, 15) is 9.59 Å². The van der Waals surface area contributed by atoms with Gasteiger partial charge >= 0.3 is 6.09 Å². The topological polar surface area (TPSA) is 121 Å². The summed E-state index contributed by atoms with van der Waals surface area (Å²) in [4.78, 5) is 29.2. The summed E-state index contributed by atoms with van der Waals surface area (Å²) in [6, 6.07) is 10.8. The van der Waals surface area contributed by atoms with Gasteiger partial charge in [-0.25, -0.2) is 4.79 Å². The molecular formula is C30H37ClN6O4. The monoisotopic (exact) mass is 580 g/mol. The molecular weight excluding hydrogens is 544 g/mol. The molecule has 1 saturated carbocycles. The molecule has 5 rings (SSSR count). The number of rotatable bonds is 5. The van der Waals surface area contributed by atoms with Crippen LogP contribution in [0.2, 0.25) is 5.02 Å². The Bertz CT molecular complexity index is 1300. The van der Waals surface area contributed by atoms with E-state index in [4.69, 9.17) is 26.3 Å². The number of nitrogens with one attached hydrogen (secondary N) is 1. The van der Waals surface area contributed by atoms with E-state index < -0.39 is 5.60 Å². The number of nitrogens with zero attached hydrogens (tertiary/aromatic N) is 5. The van der Waals surface area contributed by atoms with Gasteiger partial charge in [-0.15, -0.1) is 10.2 Å². The van der Waals surface area contributed by atoms with Gasteiger partial charge in [0.1, 0.15) is 17.4 Å². The smallest absolute Gasteiger partial charge is 0.410 e. The molecule has 3 aliphatic rings. The maximum atomic E-state index is 12.8. The van der Waals surface area contributed by atoms with Crippen molar-refractivity contribution in [3.63, 3.8) is 0 Å². The normalized spacial score (nSPS) is 21.9. The van der Waals surface area contributed by atoms with E-state index >= 15 is 0 Å². The summed E-state index contributed by atoms with van der Waals surface area (Å²) in [5, 5.41) is 21.0.